The highest BCUT2D eigenvalue weighted by molar-refractivity contribution is 7.87. The van der Waals surface area contributed by atoms with Crippen molar-refractivity contribution < 1.29 is 35.3 Å². The highest BCUT2D eigenvalue weighted by Gasteiger charge is 2.38. The zero-order valence-corrected chi connectivity index (χ0v) is 18.2. The van der Waals surface area contributed by atoms with Gasteiger partial charge in [0.15, 0.2) is 5.75 Å². The molecule has 2 aromatic carbocycles. The Balaban J connectivity index is 2.18. The topological polar surface area (TPSA) is 105 Å². The Hall–Kier alpha value is -3.38. The van der Waals surface area contributed by atoms with E-state index in [2.05, 4.69) is 5.10 Å². The van der Waals surface area contributed by atoms with Crippen molar-refractivity contribution in [2.45, 2.75) is 18.0 Å². The molecule has 1 heterocycles. The van der Waals surface area contributed by atoms with Crippen molar-refractivity contribution in [1.29, 1.82) is 0 Å². The molecule has 0 aliphatic rings. The molecule has 0 atom stereocenters. The molecule has 8 nitrogen and oxygen atoms in total. The van der Waals surface area contributed by atoms with Crippen LogP contribution in [0.4, 0.5) is 13.2 Å². The second-order valence-corrected chi connectivity index (χ2v) is 8.23. The highest BCUT2D eigenvalue weighted by Crippen LogP contribution is 2.35. The number of alkyl halides is 3. The van der Waals surface area contributed by atoms with Crippen LogP contribution < -0.4 is 9.74 Å². The summed E-state index contributed by atoms with van der Waals surface area (Å²) >= 11 is 6.06. The lowest BCUT2D eigenvalue weighted by Gasteiger charge is -2.15. The number of carbonyl (C=O) groups excluding carboxylic acids is 1. The Bertz CT molecular complexity index is 1370. The van der Waals surface area contributed by atoms with E-state index in [0.717, 1.165) is 12.1 Å². The molecule has 0 saturated carbocycles. The number of aromatic nitrogens is 2. The number of hydrogen-bond donors (Lipinski definition) is 0. The number of rotatable bonds is 6. The quantitative estimate of drug-likeness (QED) is 0.372. The molecule has 0 spiro atoms. The van der Waals surface area contributed by atoms with Crippen molar-refractivity contribution in [3.63, 3.8) is 0 Å². The number of benzene rings is 2. The fourth-order valence-electron chi connectivity index (χ4n) is 2.72. The molecule has 1 aromatic heterocycles. The van der Waals surface area contributed by atoms with Gasteiger partial charge in [0, 0.05) is 0 Å². The molecule has 0 bridgehead atoms. The van der Waals surface area contributed by atoms with Gasteiger partial charge in [-0.25, -0.2) is 4.79 Å². The number of nitrogens with zero attached hydrogens (tertiary/aromatic N) is 2. The summed E-state index contributed by atoms with van der Waals surface area (Å²) in [4.78, 5) is 23.8. The van der Waals surface area contributed by atoms with Gasteiger partial charge in [0.05, 0.1) is 28.9 Å². The molecule has 33 heavy (non-hydrogen) atoms. The smallest absolute Gasteiger partial charge is 0.417 e. The lowest BCUT2D eigenvalue weighted by molar-refractivity contribution is -0.139. The van der Waals surface area contributed by atoms with Gasteiger partial charge in [-0.05, 0) is 31.2 Å². The number of esters is 1. The lowest BCUT2D eigenvalue weighted by atomic mass is 10.2. The SMILES string of the molecule is CCOC(=O)c1nn(-c2ccccc2Cl)c(=O)cc1OS(=O)(=O)c1ccccc1C(F)(F)F. The molecule has 0 radical (unpaired) electrons. The average molecular weight is 503 g/mol. The van der Waals surface area contributed by atoms with Crippen LogP contribution in [0, 0.1) is 0 Å². The molecule has 0 aliphatic carbocycles. The number of ether oxygens (including phenoxy) is 1. The first-order valence-electron chi connectivity index (χ1n) is 9.13. The third-order valence-electron chi connectivity index (χ3n) is 4.11. The molecule has 0 fully saturated rings. The van der Waals surface area contributed by atoms with E-state index in [1.165, 1.54) is 25.1 Å². The minimum Gasteiger partial charge on any atom is -0.461 e. The summed E-state index contributed by atoms with van der Waals surface area (Å²) in [6.07, 6.45) is -5.01. The van der Waals surface area contributed by atoms with Crippen molar-refractivity contribution in [3.8, 4) is 11.4 Å². The number of carbonyl (C=O) groups is 1. The van der Waals surface area contributed by atoms with Crippen molar-refractivity contribution in [2.24, 2.45) is 0 Å². The third-order valence-corrected chi connectivity index (χ3v) is 5.72. The van der Waals surface area contributed by atoms with Gasteiger partial charge in [0.2, 0.25) is 5.69 Å². The van der Waals surface area contributed by atoms with Crippen LogP contribution in [0.15, 0.2) is 64.3 Å². The van der Waals surface area contributed by atoms with Gasteiger partial charge in [-0.2, -0.15) is 31.4 Å². The zero-order valence-electron chi connectivity index (χ0n) is 16.7. The molecule has 0 unspecified atom stereocenters. The molecular formula is C20H14ClF3N2O6S. The fraction of sp³-hybridized carbons (Fsp3) is 0.150. The van der Waals surface area contributed by atoms with Crippen LogP contribution in [0.3, 0.4) is 0 Å². The Morgan fingerprint density at radius 3 is 2.39 bits per heavy atom. The second kappa shape index (κ2) is 9.24. The summed E-state index contributed by atoms with van der Waals surface area (Å²) in [6, 6.07) is 9.84. The van der Waals surface area contributed by atoms with Gasteiger partial charge in [-0.3, -0.25) is 4.79 Å². The minimum atomic E-state index is -5.14. The second-order valence-electron chi connectivity index (χ2n) is 6.31. The molecular weight excluding hydrogens is 489 g/mol. The monoisotopic (exact) mass is 502 g/mol. The maximum absolute atomic E-state index is 13.3. The summed E-state index contributed by atoms with van der Waals surface area (Å²) < 4.78 is 75.6. The van der Waals surface area contributed by atoms with Gasteiger partial charge in [0.1, 0.15) is 4.90 Å². The Labute approximate surface area is 190 Å². The molecule has 0 saturated heterocycles. The number of halogens is 4. The van der Waals surface area contributed by atoms with Crippen LogP contribution in [-0.2, 0) is 21.0 Å². The molecule has 0 N–H and O–H groups in total. The molecule has 3 rings (SSSR count). The predicted octanol–water partition coefficient (Wildman–Crippen LogP) is 3.85. The van der Waals surface area contributed by atoms with E-state index in [-0.39, 0.29) is 17.3 Å². The number of hydrogen-bond acceptors (Lipinski definition) is 7. The Morgan fingerprint density at radius 2 is 1.76 bits per heavy atom. The molecule has 0 amide bonds. The molecule has 13 heteroatoms. The fourth-order valence-corrected chi connectivity index (χ4v) is 4.09. The van der Waals surface area contributed by atoms with Crippen LogP contribution in [0.5, 0.6) is 5.75 Å². The zero-order chi connectivity index (χ0) is 24.4. The van der Waals surface area contributed by atoms with E-state index in [9.17, 15) is 31.2 Å². The van der Waals surface area contributed by atoms with Gasteiger partial charge >= 0.3 is 22.3 Å². The van der Waals surface area contributed by atoms with E-state index >= 15 is 0 Å². The average Bonchev–Trinajstić information content (AvgIpc) is 2.74. The molecule has 174 valence electrons. The summed E-state index contributed by atoms with van der Waals surface area (Å²) in [5.74, 6) is -2.08. The van der Waals surface area contributed by atoms with Crippen molar-refractivity contribution in [2.75, 3.05) is 6.61 Å². The third kappa shape index (κ3) is 5.17. The van der Waals surface area contributed by atoms with Gasteiger partial charge in [-0.1, -0.05) is 35.9 Å². The minimum absolute atomic E-state index is 0.0616. The largest absolute Gasteiger partial charge is 0.461 e. The highest BCUT2D eigenvalue weighted by atomic mass is 35.5. The van der Waals surface area contributed by atoms with E-state index in [1.807, 2.05) is 0 Å². The van der Waals surface area contributed by atoms with E-state index in [0.29, 0.717) is 22.9 Å². The van der Waals surface area contributed by atoms with E-state index in [1.54, 1.807) is 6.07 Å². The first-order valence-corrected chi connectivity index (χ1v) is 10.9. The summed E-state index contributed by atoms with van der Waals surface area (Å²) in [7, 11) is -5.14. The first-order chi connectivity index (χ1) is 15.5. The van der Waals surface area contributed by atoms with Crippen LogP contribution in [-0.4, -0.2) is 30.8 Å². The molecule has 0 aliphatic heterocycles. The van der Waals surface area contributed by atoms with E-state index < -0.39 is 49.7 Å². The van der Waals surface area contributed by atoms with Crippen LogP contribution in [0.25, 0.3) is 5.69 Å². The summed E-state index contributed by atoms with van der Waals surface area (Å²) in [5.41, 5.74) is -3.15. The van der Waals surface area contributed by atoms with Gasteiger partial charge in [-0.15, -0.1) is 0 Å². The Morgan fingerprint density at radius 1 is 1.12 bits per heavy atom. The number of para-hydroxylation sites is 1. The van der Waals surface area contributed by atoms with Crippen LogP contribution in [0.1, 0.15) is 23.0 Å². The standard InChI is InChI=1S/C20H14ClF3N2O6S/c1-2-31-19(28)18-15(11-17(27)26(25-18)14-9-5-4-8-13(14)21)32-33(29,30)16-10-6-3-7-12(16)20(22,23)24/h3-11H,2H2,1H3. The first kappa shape index (κ1) is 24.3. The molecule has 3 aromatic rings. The van der Waals surface area contributed by atoms with E-state index in [4.69, 9.17) is 20.5 Å². The van der Waals surface area contributed by atoms with Gasteiger partial charge in [0.25, 0.3) is 5.56 Å². The van der Waals surface area contributed by atoms with Crippen molar-refractivity contribution in [1.82, 2.24) is 9.78 Å². The van der Waals surface area contributed by atoms with Crippen LogP contribution in [0.2, 0.25) is 5.02 Å². The summed E-state index contributed by atoms with van der Waals surface area (Å²) in [6.45, 7) is 1.31. The van der Waals surface area contributed by atoms with Crippen molar-refractivity contribution >= 4 is 27.7 Å². The van der Waals surface area contributed by atoms with Gasteiger partial charge < -0.3 is 8.92 Å². The van der Waals surface area contributed by atoms with Crippen LogP contribution >= 0.6 is 11.6 Å². The lowest BCUT2D eigenvalue weighted by Crippen LogP contribution is -2.26. The maximum atomic E-state index is 13.3. The van der Waals surface area contributed by atoms with Crippen molar-refractivity contribution in [3.05, 3.63) is 81.2 Å². The predicted molar refractivity (Wildman–Crippen MR) is 110 cm³/mol. The normalized spacial score (nSPS) is 11.8. The summed E-state index contributed by atoms with van der Waals surface area (Å²) in [5, 5.41) is 3.89. The maximum Gasteiger partial charge on any atom is 0.417 e. The Kier molecular flexibility index (Phi) is 6.79.